The van der Waals surface area contributed by atoms with E-state index >= 15 is 0 Å². The summed E-state index contributed by atoms with van der Waals surface area (Å²) >= 11 is 0. The molecule has 0 spiro atoms. The Labute approximate surface area is 97.0 Å². The van der Waals surface area contributed by atoms with Crippen molar-refractivity contribution < 1.29 is 4.79 Å². The van der Waals surface area contributed by atoms with Crippen LogP contribution in [-0.2, 0) is 4.79 Å². The highest BCUT2D eigenvalue weighted by molar-refractivity contribution is 5.85. The smallest absolute Gasteiger partial charge is 0.226 e. The molecule has 3 nitrogen and oxygen atoms in total. The van der Waals surface area contributed by atoms with Crippen molar-refractivity contribution in [1.29, 1.82) is 0 Å². The van der Waals surface area contributed by atoms with E-state index < -0.39 is 0 Å². The minimum atomic E-state index is 0. The van der Waals surface area contributed by atoms with Gasteiger partial charge < -0.3 is 10.2 Å². The number of amides is 1. The quantitative estimate of drug-likeness (QED) is 0.764. The number of nitrogens with zero attached hydrogens (tertiary/aromatic N) is 1. The molecule has 2 saturated carbocycles. The van der Waals surface area contributed by atoms with Crippen molar-refractivity contribution in [3.8, 4) is 0 Å². The lowest BCUT2D eigenvalue weighted by molar-refractivity contribution is -0.135. The van der Waals surface area contributed by atoms with E-state index in [1.54, 1.807) is 0 Å². The molecule has 1 unspecified atom stereocenters. The van der Waals surface area contributed by atoms with Gasteiger partial charge in [-0.15, -0.1) is 12.4 Å². The lowest BCUT2D eigenvalue weighted by Gasteiger charge is -2.35. The second-order valence-corrected chi connectivity index (χ2v) is 5.05. The van der Waals surface area contributed by atoms with Gasteiger partial charge in [0.05, 0.1) is 0 Å². The largest absolute Gasteiger partial charge is 0.343 e. The van der Waals surface area contributed by atoms with Crippen LogP contribution in [0.5, 0.6) is 0 Å². The number of hydrogen-bond acceptors (Lipinski definition) is 2. The molecule has 1 heterocycles. The summed E-state index contributed by atoms with van der Waals surface area (Å²) in [4.78, 5) is 14.1. The Balaban J connectivity index is 0.000000853. The van der Waals surface area contributed by atoms with Gasteiger partial charge in [-0.05, 0) is 44.2 Å². The zero-order valence-corrected chi connectivity index (χ0v) is 9.93. The first-order valence-corrected chi connectivity index (χ1v) is 5.76. The second-order valence-electron chi connectivity index (χ2n) is 5.05. The van der Waals surface area contributed by atoms with Crippen LogP contribution in [-0.4, -0.2) is 37.0 Å². The third-order valence-corrected chi connectivity index (χ3v) is 4.35. The van der Waals surface area contributed by atoms with Crippen molar-refractivity contribution in [2.24, 2.45) is 17.8 Å². The van der Waals surface area contributed by atoms with Crippen molar-refractivity contribution in [2.45, 2.75) is 25.3 Å². The molecule has 3 atom stereocenters. The van der Waals surface area contributed by atoms with Gasteiger partial charge >= 0.3 is 0 Å². The summed E-state index contributed by atoms with van der Waals surface area (Å²) in [5.41, 5.74) is 0. The summed E-state index contributed by atoms with van der Waals surface area (Å²) in [7, 11) is 1.99. The molecule has 3 rings (SSSR count). The van der Waals surface area contributed by atoms with Crippen LogP contribution in [0.25, 0.3) is 0 Å². The fourth-order valence-corrected chi connectivity index (χ4v) is 2.97. The highest BCUT2D eigenvalue weighted by atomic mass is 35.5. The lowest BCUT2D eigenvalue weighted by Crippen LogP contribution is -2.43. The Morgan fingerprint density at radius 2 is 1.87 bits per heavy atom. The molecular formula is C11H19ClN2O. The first-order valence-electron chi connectivity index (χ1n) is 5.76. The summed E-state index contributed by atoms with van der Waals surface area (Å²) in [6.07, 6.45) is 3.76. The topological polar surface area (TPSA) is 32.3 Å². The van der Waals surface area contributed by atoms with E-state index in [1.165, 1.54) is 19.3 Å². The van der Waals surface area contributed by atoms with Gasteiger partial charge in [0.1, 0.15) is 0 Å². The van der Waals surface area contributed by atoms with Crippen molar-refractivity contribution in [2.75, 3.05) is 20.1 Å². The first-order chi connectivity index (χ1) is 6.79. The van der Waals surface area contributed by atoms with Crippen molar-refractivity contribution in [3.63, 3.8) is 0 Å². The Bertz CT molecular complexity index is 251. The second kappa shape index (κ2) is 3.95. The van der Waals surface area contributed by atoms with Crippen molar-refractivity contribution >= 4 is 18.3 Å². The molecule has 3 aliphatic rings. The standard InChI is InChI=1S/C11H18N2O.ClH/c1-13(7-3-2-4-7)11(14)10-8-5-12-6-9(8)10;/h7-10,12H,2-6H2,1H3;1H/t8-,9+,10?;. The molecule has 0 aromatic heterocycles. The van der Waals surface area contributed by atoms with Crippen molar-refractivity contribution in [1.82, 2.24) is 10.2 Å². The van der Waals surface area contributed by atoms with Crippen LogP contribution in [0.15, 0.2) is 0 Å². The third-order valence-electron chi connectivity index (χ3n) is 4.35. The molecule has 0 aromatic carbocycles. The maximum absolute atomic E-state index is 12.1. The minimum absolute atomic E-state index is 0. The number of halogens is 1. The van der Waals surface area contributed by atoms with Gasteiger partial charge in [0.15, 0.2) is 0 Å². The van der Waals surface area contributed by atoms with E-state index in [0.29, 0.717) is 29.7 Å². The molecule has 1 N–H and O–H groups in total. The van der Waals surface area contributed by atoms with Crippen LogP contribution in [0, 0.1) is 17.8 Å². The number of rotatable bonds is 2. The Morgan fingerprint density at radius 3 is 2.33 bits per heavy atom. The van der Waals surface area contributed by atoms with Crippen LogP contribution in [0.1, 0.15) is 19.3 Å². The zero-order valence-electron chi connectivity index (χ0n) is 9.11. The molecule has 86 valence electrons. The fourth-order valence-electron chi connectivity index (χ4n) is 2.97. The number of fused-ring (bicyclic) bond motifs is 1. The van der Waals surface area contributed by atoms with Gasteiger partial charge in [-0.3, -0.25) is 4.79 Å². The Hall–Kier alpha value is -0.280. The molecular weight excluding hydrogens is 212 g/mol. The molecule has 1 amide bonds. The molecule has 15 heavy (non-hydrogen) atoms. The average Bonchev–Trinajstić information content (AvgIpc) is 2.54. The van der Waals surface area contributed by atoms with Crippen LogP contribution in [0.3, 0.4) is 0 Å². The predicted octanol–water partition coefficient (Wildman–Crippen LogP) is 0.884. The maximum atomic E-state index is 12.1. The van der Waals surface area contributed by atoms with Crippen LogP contribution in [0.4, 0.5) is 0 Å². The van der Waals surface area contributed by atoms with Gasteiger partial charge in [0, 0.05) is 19.0 Å². The van der Waals surface area contributed by atoms with Gasteiger partial charge in [0.25, 0.3) is 0 Å². The Morgan fingerprint density at radius 1 is 1.27 bits per heavy atom. The monoisotopic (exact) mass is 230 g/mol. The van der Waals surface area contributed by atoms with Gasteiger partial charge in [-0.2, -0.15) is 0 Å². The number of piperidine rings is 1. The van der Waals surface area contributed by atoms with E-state index in [9.17, 15) is 4.79 Å². The molecule has 3 fully saturated rings. The number of carbonyl (C=O) groups is 1. The van der Waals surface area contributed by atoms with E-state index in [2.05, 4.69) is 5.32 Å². The highest BCUT2D eigenvalue weighted by Crippen LogP contribution is 2.50. The molecule has 0 radical (unpaired) electrons. The van der Waals surface area contributed by atoms with Gasteiger partial charge in [-0.25, -0.2) is 0 Å². The molecule has 4 heteroatoms. The summed E-state index contributed by atoms with van der Waals surface area (Å²) in [6.45, 7) is 2.14. The van der Waals surface area contributed by atoms with Crippen LogP contribution < -0.4 is 5.32 Å². The van der Waals surface area contributed by atoms with Crippen molar-refractivity contribution in [3.05, 3.63) is 0 Å². The zero-order chi connectivity index (χ0) is 9.71. The van der Waals surface area contributed by atoms with Crippen LogP contribution >= 0.6 is 12.4 Å². The molecule has 2 aliphatic carbocycles. The van der Waals surface area contributed by atoms with E-state index in [4.69, 9.17) is 0 Å². The SMILES string of the molecule is CN(C(=O)C1[C@H]2CNC[C@@H]12)C1CCC1.Cl. The normalized spacial score (nSPS) is 37.5. The summed E-state index contributed by atoms with van der Waals surface area (Å²) in [5.74, 6) is 2.14. The molecule has 0 bridgehead atoms. The first kappa shape index (κ1) is 11.2. The molecule has 1 saturated heterocycles. The Kier molecular flexibility index (Phi) is 2.95. The number of nitrogens with one attached hydrogen (secondary N) is 1. The number of carbonyl (C=O) groups excluding carboxylic acids is 1. The summed E-state index contributed by atoms with van der Waals surface area (Å²) < 4.78 is 0. The van der Waals surface area contributed by atoms with E-state index in [0.717, 1.165) is 13.1 Å². The van der Waals surface area contributed by atoms with E-state index in [1.807, 2.05) is 11.9 Å². The summed E-state index contributed by atoms with van der Waals surface area (Å²) in [5, 5.41) is 3.33. The molecule has 1 aliphatic heterocycles. The fraction of sp³-hybridized carbons (Fsp3) is 0.909. The van der Waals surface area contributed by atoms with Gasteiger partial charge in [0.2, 0.25) is 5.91 Å². The minimum Gasteiger partial charge on any atom is -0.343 e. The maximum Gasteiger partial charge on any atom is 0.226 e. The summed E-state index contributed by atoms with van der Waals surface area (Å²) in [6, 6.07) is 0.566. The number of hydrogen-bond donors (Lipinski definition) is 1. The predicted molar refractivity (Wildman–Crippen MR) is 61.0 cm³/mol. The average molecular weight is 231 g/mol. The van der Waals surface area contributed by atoms with E-state index in [-0.39, 0.29) is 12.4 Å². The highest BCUT2D eigenvalue weighted by Gasteiger charge is 2.58. The lowest BCUT2D eigenvalue weighted by atomic mass is 9.91. The van der Waals surface area contributed by atoms with Crippen LogP contribution in [0.2, 0.25) is 0 Å². The van der Waals surface area contributed by atoms with Gasteiger partial charge in [-0.1, -0.05) is 0 Å². The molecule has 0 aromatic rings. The third kappa shape index (κ3) is 1.66.